The summed E-state index contributed by atoms with van der Waals surface area (Å²) in [5, 5.41) is 8.71. The van der Waals surface area contributed by atoms with Gasteiger partial charge in [-0.3, -0.25) is 4.21 Å². The van der Waals surface area contributed by atoms with Gasteiger partial charge in [-0.25, -0.2) is 0 Å². The van der Waals surface area contributed by atoms with Crippen molar-refractivity contribution in [1.29, 1.82) is 0 Å². The van der Waals surface area contributed by atoms with Gasteiger partial charge in [-0.05, 0) is 6.42 Å². The highest BCUT2D eigenvalue weighted by atomic mass is 32.2. The fourth-order valence-electron chi connectivity index (χ4n) is 0.649. The van der Waals surface area contributed by atoms with Crippen LogP contribution >= 0.6 is 0 Å². The van der Waals surface area contributed by atoms with Gasteiger partial charge < -0.3 is 5.11 Å². The molecule has 0 spiro atoms. The Morgan fingerprint density at radius 1 is 1.71 bits per heavy atom. The van der Waals surface area contributed by atoms with Gasteiger partial charge in [-0.15, -0.1) is 0 Å². The largest absolute Gasteiger partial charge is 0.392 e. The van der Waals surface area contributed by atoms with Crippen molar-refractivity contribution < 1.29 is 9.32 Å². The van der Waals surface area contributed by atoms with Crippen LogP contribution in [0.4, 0.5) is 0 Å². The standard InChI is InChI=1S/C4H8O2S/c5-4-1-2-7(6)3-4/h4-5H,1-3H2/t4-,7-/m1/s1. The van der Waals surface area contributed by atoms with Crippen molar-refractivity contribution in [2.75, 3.05) is 11.5 Å². The zero-order chi connectivity index (χ0) is 5.28. The van der Waals surface area contributed by atoms with E-state index in [9.17, 15) is 4.21 Å². The highest BCUT2D eigenvalue weighted by Crippen LogP contribution is 2.05. The van der Waals surface area contributed by atoms with E-state index in [2.05, 4.69) is 0 Å². The van der Waals surface area contributed by atoms with Crippen molar-refractivity contribution in [3.05, 3.63) is 0 Å². The van der Waals surface area contributed by atoms with Gasteiger partial charge in [-0.2, -0.15) is 0 Å². The Bertz CT molecular complexity index is 91.7. The van der Waals surface area contributed by atoms with Crippen LogP contribution in [0.2, 0.25) is 0 Å². The molecule has 2 nitrogen and oxygen atoms in total. The van der Waals surface area contributed by atoms with Gasteiger partial charge in [0, 0.05) is 22.3 Å². The maximum Gasteiger partial charge on any atom is 0.0664 e. The van der Waals surface area contributed by atoms with Crippen LogP contribution in [-0.4, -0.2) is 26.9 Å². The first kappa shape index (κ1) is 5.25. The average molecular weight is 120 g/mol. The maximum atomic E-state index is 10.4. The van der Waals surface area contributed by atoms with Crippen LogP contribution in [0, 0.1) is 0 Å². The normalized spacial score (nSPS) is 41.9. The van der Waals surface area contributed by atoms with Crippen LogP contribution in [-0.2, 0) is 10.8 Å². The summed E-state index contributed by atoms with van der Waals surface area (Å²) in [6, 6.07) is 0. The van der Waals surface area contributed by atoms with Gasteiger partial charge >= 0.3 is 0 Å². The summed E-state index contributed by atoms with van der Waals surface area (Å²) >= 11 is 0. The molecule has 0 aliphatic carbocycles. The molecule has 1 fully saturated rings. The lowest BCUT2D eigenvalue weighted by atomic mass is 10.3. The second kappa shape index (κ2) is 1.92. The molecule has 42 valence electrons. The number of aliphatic hydroxyl groups is 1. The minimum atomic E-state index is -0.703. The molecule has 7 heavy (non-hydrogen) atoms. The lowest BCUT2D eigenvalue weighted by Gasteiger charge is -1.89. The number of hydrogen-bond donors (Lipinski definition) is 1. The van der Waals surface area contributed by atoms with Crippen LogP contribution < -0.4 is 0 Å². The monoisotopic (exact) mass is 120 g/mol. The van der Waals surface area contributed by atoms with E-state index in [4.69, 9.17) is 5.11 Å². The van der Waals surface area contributed by atoms with E-state index < -0.39 is 10.8 Å². The van der Waals surface area contributed by atoms with E-state index in [1.165, 1.54) is 0 Å². The second-order valence-electron chi connectivity index (χ2n) is 1.75. The molecule has 0 aromatic carbocycles. The molecule has 1 saturated heterocycles. The lowest BCUT2D eigenvalue weighted by molar-refractivity contribution is 0.202. The Balaban J connectivity index is 2.40. The van der Waals surface area contributed by atoms with Gasteiger partial charge in [0.1, 0.15) is 0 Å². The number of rotatable bonds is 0. The van der Waals surface area contributed by atoms with Crippen LogP contribution in [0.25, 0.3) is 0 Å². The van der Waals surface area contributed by atoms with Gasteiger partial charge in [0.05, 0.1) is 6.10 Å². The Morgan fingerprint density at radius 3 is 2.57 bits per heavy atom. The molecule has 0 aromatic rings. The molecule has 0 amide bonds. The van der Waals surface area contributed by atoms with Gasteiger partial charge in [0.2, 0.25) is 0 Å². The molecule has 0 unspecified atom stereocenters. The topological polar surface area (TPSA) is 37.3 Å². The Labute approximate surface area is 45.0 Å². The molecular formula is C4H8O2S. The summed E-state index contributed by atoms with van der Waals surface area (Å²) in [6.07, 6.45) is 0.452. The van der Waals surface area contributed by atoms with Crippen molar-refractivity contribution in [2.45, 2.75) is 12.5 Å². The third-order valence-electron chi connectivity index (χ3n) is 1.06. The highest BCUT2D eigenvalue weighted by Gasteiger charge is 2.17. The van der Waals surface area contributed by atoms with E-state index >= 15 is 0 Å². The predicted molar refractivity (Wildman–Crippen MR) is 28.5 cm³/mol. The van der Waals surface area contributed by atoms with Crippen molar-refractivity contribution in [2.24, 2.45) is 0 Å². The summed E-state index contributed by atoms with van der Waals surface area (Å²) in [5.74, 6) is 1.20. The fourth-order valence-corrected chi connectivity index (χ4v) is 1.95. The molecule has 3 heteroatoms. The summed E-state index contributed by atoms with van der Waals surface area (Å²) in [6.45, 7) is 0. The van der Waals surface area contributed by atoms with Crippen molar-refractivity contribution >= 4 is 10.8 Å². The molecule has 1 aliphatic rings. The van der Waals surface area contributed by atoms with Crippen molar-refractivity contribution in [3.8, 4) is 0 Å². The molecular weight excluding hydrogens is 112 g/mol. The fraction of sp³-hybridized carbons (Fsp3) is 1.00. The number of hydrogen-bond acceptors (Lipinski definition) is 2. The average Bonchev–Trinajstić information content (AvgIpc) is 1.87. The lowest BCUT2D eigenvalue weighted by Crippen LogP contribution is -2.03. The van der Waals surface area contributed by atoms with Crippen LogP contribution in [0.15, 0.2) is 0 Å². The minimum absolute atomic E-state index is 0.277. The Kier molecular flexibility index (Phi) is 1.44. The van der Waals surface area contributed by atoms with Crippen LogP contribution in [0.1, 0.15) is 6.42 Å². The third-order valence-corrected chi connectivity index (χ3v) is 2.50. The van der Waals surface area contributed by atoms with E-state index in [0.29, 0.717) is 11.5 Å². The van der Waals surface area contributed by atoms with E-state index in [-0.39, 0.29) is 6.10 Å². The highest BCUT2D eigenvalue weighted by molar-refractivity contribution is 7.85. The first-order valence-corrected chi connectivity index (χ1v) is 3.81. The van der Waals surface area contributed by atoms with Gasteiger partial charge in [-0.1, -0.05) is 0 Å². The van der Waals surface area contributed by atoms with E-state index in [1.54, 1.807) is 0 Å². The quantitative estimate of drug-likeness (QED) is 0.468. The van der Waals surface area contributed by atoms with Crippen LogP contribution in [0.3, 0.4) is 0 Å². The van der Waals surface area contributed by atoms with Crippen molar-refractivity contribution in [3.63, 3.8) is 0 Å². The molecule has 1 N–H and O–H groups in total. The summed E-state index contributed by atoms with van der Waals surface area (Å²) in [7, 11) is -0.703. The summed E-state index contributed by atoms with van der Waals surface area (Å²) in [4.78, 5) is 0. The Hall–Kier alpha value is 0.110. The van der Waals surface area contributed by atoms with Gasteiger partial charge in [0.15, 0.2) is 0 Å². The maximum absolute atomic E-state index is 10.4. The molecule has 0 aromatic heterocycles. The molecule has 1 rings (SSSR count). The second-order valence-corrected chi connectivity index (χ2v) is 3.37. The smallest absolute Gasteiger partial charge is 0.0664 e. The molecule has 0 radical (unpaired) electrons. The van der Waals surface area contributed by atoms with Crippen molar-refractivity contribution in [1.82, 2.24) is 0 Å². The number of aliphatic hydroxyl groups excluding tert-OH is 1. The predicted octanol–water partition coefficient (Wildman–Crippen LogP) is -0.500. The first-order valence-electron chi connectivity index (χ1n) is 2.32. The van der Waals surface area contributed by atoms with E-state index in [0.717, 1.165) is 6.42 Å². The molecule has 0 bridgehead atoms. The summed E-state index contributed by atoms with van der Waals surface area (Å²) in [5.41, 5.74) is 0. The zero-order valence-corrected chi connectivity index (χ0v) is 4.78. The third kappa shape index (κ3) is 1.24. The summed E-state index contributed by atoms with van der Waals surface area (Å²) < 4.78 is 10.4. The van der Waals surface area contributed by atoms with Crippen LogP contribution in [0.5, 0.6) is 0 Å². The SMILES string of the molecule is O=[S@@]1CC[C@@H](O)C1. The zero-order valence-electron chi connectivity index (χ0n) is 3.96. The molecule has 1 aliphatic heterocycles. The first-order chi connectivity index (χ1) is 3.29. The molecule has 0 saturated carbocycles. The van der Waals surface area contributed by atoms with Gasteiger partial charge in [0.25, 0.3) is 0 Å². The Morgan fingerprint density at radius 2 is 2.43 bits per heavy atom. The molecule has 1 heterocycles. The molecule has 2 atom stereocenters. The minimum Gasteiger partial charge on any atom is -0.392 e. The van der Waals surface area contributed by atoms with E-state index in [1.807, 2.05) is 0 Å².